The third-order valence-corrected chi connectivity index (χ3v) is 9.78. The largest absolute Gasteiger partial charge is 1.00 e. The monoisotopic (exact) mass is 768 g/mol. The van der Waals surface area contributed by atoms with E-state index in [1.54, 1.807) is 7.11 Å². The van der Waals surface area contributed by atoms with Crippen molar-refractivity contribution in [2.45, 2.75) is 123 Å². The summed E-state index contributed by atoms with van der Waals surface area (Å²) in [5.41, 5.74) is 0.979. The molecule has 12 heteroatoms. The van der Waals surface area contributed by atoms with E-state index in [1.807, 2.05) is 3.11 Å². The first-order valence-corrected chi connectivity index (χ1v) is 17.4. The van der Waals surface area contributed by atoms with E-state index in [2.05, 4.69) is 107 Å². The maximum Gasteiger partial charge on any atom is 1.00 e. The van der Waals surface area contributed by atoms with Crippen molar-refractivity contribution in [2.75, 3.05) is 26.8 Å². The third kappa shape index (κ3) is 17.0. The first-order chi connectivity index (χ1) is 21.8. The smallest absolute Gasteiger partial charge is 0.653 e. The Morgan fingerprint density at radius 3 is 2.45 bits per heavy atom. The number of aliphatic carboxylic acids is 1. The van der Waals surface area contributed by atoms with Crippen molar-refractivity contribution in [3.05, 3.63) is 37.6 Å². The molecule has 0 spiro atoms. The average Bonchev–Trinajstić information content (AvgIpc) is 3.69. The van der Waals surface area contributed by atoms with Crippen LogP contribution in [0.3, 0.4) is 0 Å². The first-order valence-electron chi connectivity index (χ1n) is 16.5. The minimum atomic E-state index is -1.12. The van der Waals surface area contributed by atoms with Crippen LogP contribution < -0.4 is 24.2 Å². The molecule has 47 heavy (non-hydrogen) atoms. The summed E-state index contributed by atoms with van der Waals surface area (Å²) in [4.78, 5) is 34.2. The Morgan fingerprint density at radius 1 is 1.26 bits per heavy atom. The van der Waals surface area contributed by atoms with Gasteiger partial charge in [0.1, 0.15) is 6.04 Å². The number of carbonyl (C=O) groups excluding carboxylic acids is 2. The summed E-state index contributed by atoms with van der Waals surface area (Å²) in [5, 5.41) is 12.0. The van der Waals surface area contributed by atoms with Gasteiger partial charge in [-0.3, -0.25) is 4.79 Å². The van der Waals surface area contributed by atoms with Crippen LogP contribution in [0.4, 0.5) is 0 Å². The van der Waals surface area contributed by atoms with Crippen molar-refractivity contribution in [3.8, 4) is 0 Å². The molecule has 9 atom stereocenters. The number of carboxylic acid groups (broad SMARTS) is 1. The van der Waals surface area contributed by atoms with E-state index in [0.717, 1.165) is 44.3 Å². The number of hydrogen-bond donors (Lipinski definition) is 2. The number of amides is 1. The molecule has 10 nitrogen and oxygen atoms in total. The number of ether oxygens (including phenoxy) is 4. The molecule has 0 radical (unpaired) electrons. The molecule has 1 amide bonds. The van der Waals surface area contributed by atoms with Gasteiger partial charge in [0.05, 0.1) is 36.4 Å². The van der Waals surface area contributed by atoms with Crippen LogP contribution >= 0.6 is 22.9 Å². The fraction of sp³-hybridized carbons (Fsp3) is 0.743. The van der Waals surface area contributed by atoms with Gasteiger partial charge in [-0.25, -0.2) is 4.79 Å². The van der Waals surface area contributed by atoms with Gasteiger partial charge < -0.3 is 51.1 Å². The fourth-order valence-electron chi connectivity index (χ4n) is 6.18. The third-order valence-electron chi connectivity index (χ3n) is 8.81. The number of methoxy groups -OCH3 is 1. The van der Waals surface area contributed by atoms with Gasteiger partial charge in [-0.15, -0.1) is 13.1 Å². The fourth-order valence-corrected chi connectivity index (χ4v) is 6.18. The second kappa shape index (κ2) is 24.2. The SMILES string of the molecule is CC[C@H](OC)[C@@H](C)[C@H]1O[C@]1(C)C[C@H](C)/C=C/C=C(\C)[C@H]1O[C@@H](CC(=O)N[C@H](CCCO[C-]=O)C(=O)O)CC[C@@H]1C.[CH2-]CN(I)C[CH2-].[Li+]. The summed E-state index contributed by atoms with van der Waals surface area (Å²) in [5.74, 6) is -0.457. The van der Waals surface area contributed by atoms with Crippen molar-refractivity contribution < 1.29 is 57.3 Å². The van der Waals surface area contributed by atoms with E-state index < -0.39 is 12.0 Å². The molecule has 0 aliphatic carbocycles. The number of nitrogens with zero attached hydrogens (tertiary/aromatic N) is 1. The molecular weight excluding hydrogens is 710 g/mol. The quantitative estimate of drug-likeness (QED) is 0.0366. The van der Waals surface area contributed by atoms with Crippen LogP contribution in [0.15, 0.2) is 23.8 Å². The Labute approximate surface area is 310 Å². The zero-order valence-electron chi connectivity index (χ0n) is 30.0. The van der Waals surface area contributed by atoms with E-state index in [-0.39, 0.29) is 74.2 Å². The van der Waals surface area contributed by atoms with Crippen LogP contribution in [0.25, 0.3) is 0 Å². The van der Waals surface area contributed by atoms with Gasteiger partial charge in [0, 0.05) is 42.5 Å². The zero-order chi connectivity index (χ0) is 34.9. The van der Waals surface area contributed by atoms with E-state index >= 15 is 0 Å². The van der Waals surface area contributed by atoms with Crippen LogP contribution in [0.1, 0.15) is 86.5 Å². The van der Waals surface area contributed by atoms with Crippen LogP contribution in [0.5, 0.6) is 0 Å². The van der Waals surface area contributed by atoms with E-state index in [9.17, 15) is 19.5 Å². The number of allylic oxidation sites excluding steroid dienone is 3. The molecule has 2 fully saturated rings. The number of rotatable bonds is 20. The maximum atomic E-state index is 12.6. The van der Waals surface area contributed by atoms with Crippen molar-refractivity contribution in [1.29, 1.82) is 0 Å². The summed E-state index contributed by atoms with van der Waals surface area (Å²) in [6, 6.07) is -1.04. The van der Waals surface area contributed by atoms with Crippen molar-refractivity contribution >= 4 is 41.2 Å². The minimum Gasteiger partial charge on any atom is -0.653 e. The summed E-state index contributed by atoms with van der Waals surface area (Å²) < 4.78 is 24.5. The van der Waals surface area contributed by atoms with Gasteiger partial charge in [0.25, 0.3) is 0 Å². The van der Waals surface area contributed by atoms with Crippen molar-refractivity contribution in [1.82, 2.24) is 8.43 Å². The molecular formula is C35H58ILiN2O8-2. The van der Waals surface area contributed by atoms with Gasteiger partial charge in [-0.1, -0.05) is 52.4 Å². The van der Waals surface area contributed by atoms with Gasteiger partial charge in [0.15, 0.2) is 0 Å². The molecule has 2 N–H and O–H groups in total. The molecule has 0 aromatic heterocycles. The standard InChI is InChI=1S/C31H50NO8.C4H8IN.Li/c1-8-26(37-7)23(5)29-31(6,40-29)18-20(2)11-9-12-21(3)28-22(4)14-15-24(39-28)17-27(34)32-25(30(35)36)13-10-16-38-19-33;1-3-6(5)4-2;/h9,11-12,20,22-26,28-29H,8,10,13-18H2,1-7H3,(H,32,34)(H,35,36);1-4H2;/q-1;-2;+1/b11-9+,21-12+;;/t20-,22+,23-,24-,25-,26+,28-,29-,31-;;/m1../s1. The Kier molecular flexibility index (Phi) is 23.8. The van der Waals surface area contributed by atoms with Gasteiger partial charge >= 0.3 is 24.8 Å². The number of halogens is 1. The minimum absolute atomic E-state index is 0. The van der Waals surface area contributed by atoms with Crippen LogP contribution in [-0.2, 0) is 33.3 Å². The number of epoxide rings is 1. The normalized spacial score (nSPS) is 26.7. The molecule has 0 unspecified atom stereocenters. The molecule has 0 aromatic rings. The zero-order valence-corrected chi connectivity index (χ0v) is 32.1. The topological polar surface area (TPSA) is 127 Å². The summed E-state index contributed by atoms with van der Waals surface area (Å²) in [7, 11) is 1.77. The first kappa shape index (κ1) is 46.1. The molecule has 0 aromatic carbocycles. The Balaban J connectivity index is 0.00000275. The average molecular weight is 769 g/mol. The Bertz CT molecular complexity index is 977. The van der Waals surface area contributed by atoms with Gasteiger partial charge in [-0.2, -0.15) is 0 Å². The second-order valence-electron chi connectivity index (χ2n) is 12.7. The maximum absolute atomic E-state index is 12.6. The molecule has 0 bridgehead atoms. The molecule has 2 aliphatic heterocycles. The van der Waals surface area contributed by atoms with Gasteiger partial charge in [-0.05, 0) is 69.8 Å². The van der Waals surface area contributed by atoms with Crippen LogP contribution in [0, 0.1) is 31.6 Å². The number of nitrogens with one attached hydrogen (secondary N) is 1. The van der Waals surface area contributed by atoms with Gasteiger partial charge in [0.2, 0.25) is 5.91 Å². The molecule has 2 saturated heterocycles. The Morgan fingerprint density at radius 2 is 1.91 bits per heavy atom. The van der Waals surface area contributed by atoms with Crippen LogP contribution in [0.2, 0.25) is 0 Å². The van der Waals surface area contributed by atoms with E-state index in [4.69, 9.17) is 14.2 Å². The summed E-state index contributed by atoms with van der Waals surface area (Å²) >= 11 is 2.18. The predicted octanol–water partition coefficient (Wildman–Crippen LogP) is 3.05. The van der Waals surface area contributed by atoms with E-state index in [0.29, 0.717) is 24.2 Å². The number of carbonyl (C=O) groups is 2. The molecule has 0 saturated carbocycles. The van der Waals surface area contributed by atoms with E-state index in [1.165, 1.54) is 6.47 Å². The van der Waals surface area contributed by atoms with Crippen molar-refractivity contribution in [2.24, 2.45) is 17.8 Å². The van der Waals surface area contributed by atoms with Crippen LogP contribution in [-0.4, -0.2) is 89.4 Å². The number of carboxylic acids is 1. The summed E-state index contributed by atoms with van der Waals surface area (Å²) in [6.07, 6.45) is 10.6. The number of hydrogen-bond acceptors (Lipinski definition) is 8. The Hall–Kier alpha value is -0.943. The molecule has 266 valence electrons. The summed E-state index contributed by atoms with van der Waals surface area (Å²) in [6.45, 7) is 23.3. The predicted molar refractivity (Wildman–Crippen MR) is 189 cm³/mol. The van der Waals surface area contributed by atoms with Crippen molar-refractivity contribution in [3.63, 3.8) is 0 Å². The molecule has 2 aliphatic rings. The molecule has 2 heterocycles. The second-order valence-corrected chi connectivity index (χ2v) is 14.1. The molecule has 2 rings (SSSR count).